The lowest BCUT2D eigenvalue weighted by Crippen LogP contribution is -1.99. The van der Waals surface area contributed by atoms with E-state index >= 15 is 0 Å². The fourth-order valence-electron chi connectivity index (χ4n) is 2.61. The van der Waals surface area contributed by atoms with Crippen molar-refractivity contribution in [1.82, 2.24) is 0 Å². The maximum absolute atomic E-state index is 9.09. The third-order valence-corrected chi connectivity index (χ3v) is 4.53. The molecule has 0 saturated heterocycles. The summed E-state index contributed by atoms with van der Waals surface area (Å²) in [7, 11) is 1.58. The normalized spacial score (nSPS) is 10.5. The van der Waals surface area contributed by atoms with E-state index in [4.69, 9.17) is 31.2 Å². The molecule has 0 heterocycles. The number of benzene rings is 3. The molecule has 0 amide bonds. The summed E-state index contributed by atoms with van der Waals surface area (Å²) >= 11 is 6.16. The minimum atomic E-state index is 0.219. The second kappa shape index (κ2) is 10.2. The summed E-state index contributed by atoms with van der Waals surface area (Å²) in [6, 6.07) is 22.4. The van der Waals surface area contributed by atoms with Gasteiger partial charge < -0.3 is 14.3 Å². The highest BCUT2D eigenvalue weighted by molar-refractivity contribution is 6.31. The van der Waals surface area contributed by atoms with Gasteiger partial charge in [-0.2, -0.15) is 5.26 Å². The van der Waals surface area contributed by atoms with Crippen molar-refractivity contribution in [3.8, 4) is 17.6 Å². The van der Waals surface area contributed by atoms with Crippen LogP contribution in [0.3, 0.4) is 0 Å². The molecule has 0 saturated carbocycles. The van der Waals surface area contributed by atoms with Gasteiger partial charge in [-0.05, 0) is 30.3 Å². The molecule has 3 aromatic rings. The van der Waals surface area contributed by atoms with Gasteiger partial charge in [0.2, 0.25) is 0 Å². The van der Waals surface area contributed by atoms with Crippen molar-refractivity contribution in [1.29, 1.82) is 5.26 Å². The number of rotatable bonds is 8. The number of nitriles is 1. The molecule has 0 aliphatic heterocycles. The zero-order valence-electron chi connectivity index (χ0n) is 15.8. The number of methoxy groups -OCH3 is 1. The molecule has 0 unspecified atom stereocenters. The molecule has 29 heavy (non-hydrogen) atoms. The van der Waals surface area contributed by atoms with Crippen LogP contribution in [0.5, 0.6) is 11.5 Å². The van der Waals surface area contributed by atoms with Crippen LogP contribution in [-0.2, 0) is 18.1 Å². The van der Waals surface area contributed by atoms with Gasteiger partial charge >= 0.3 is 0 Å². The van der Waals surface area contributed by atoms with Crippen LogP contribution < -0.4 is 9.47 Å². The molecule has 146 valence electrons. The monoisotopic (exact) mass is 406 g/mol. The number of hydrogen-bond acceptors (Lipinski definition) is 5. The van der Waals surface area contributed by atoms with Crippen LogP contribution in [0.15, 0.2) is 71.9 Å². The first-order valence-corrected chi connectivity index (χ1v) is 9.26. The topological polar surface area (TPSA) is 63.8 Å². The Labute approximate surface area is 174 Å². The molecule has 0 bridgehead atoms. The Balaban J connectivity index is 1.61. The van der Waals surface area contributed by atoms with Gasteiger partial charge in [0.15, 0.2) is 11.5 Å². The van der Waals surface area contributed by atoms with Crippen molar-refractivity contribution in [3.05, 3.63) is 94.0 Å². The lowest BCUT2D eigenvalue weighted by Gasteiger charge is -2.12. The summed E-state index contributed by atoms with van der Waals surface area (Å²) < 4.78 is 11.3. The van der Waals surface area contributed by atoms with E-state index < -0.39 is 0 Å². The Hall–Kier alpha value is -3.49. The quantitative estimate of drug-likeness (QED) is 0.373. The molecule has 0 aromatic heterocycles. The standard InChI is InChI=1S/C23H19ClN2O3/c1-27-23-12-17(14-26-29-16-19-7-3-2-6-18(19)13-25)10-11-22(23)28-15-20-8-4-5-9-21(20)24/h2-12,14H,15-16H2,1H3/b26-14-. The van der Waals surface area contributed by atoms with Crippen LogP contribution in [0, 0.1) is 11.3 Å². The largest absolute Gasteiger partial charge is 0.493 e. The summed E-state index contributed by atoms with van der Waals surface area (Å²) in [5.41, 5.74) is 3.05. The molecule has 0 aliphatic rings. The summed E-state index contributed by atoms with van der Waals surface area (Å²) in [4.78, 5) is 5.32. The van der Waals surface area contributed by atoms with Gasteiger partial charge in [-0.25, -0.2) is 0 Å². The van der Waals surface area contributed by atoms with Crippen molar-refractivity contribution in [3.63, 3.8) is 0 Å². The van der Waals surface area contributed by atoms with Crippen molar-refractivity contribution < 1.29 is 14.3 Å². The Kier molecular flexibility index (Phi) is 7.10. The summed E-state index contributed by atoms with van der Waals surface area (Å²) in [6.07, 6.45) is 1.58. The van der Waals surface area contributed by atoms with E-state index in [1.165, 1.54) is 0 Å². The van der Waals surface area contributed by atoms with Crippen molar-refractivity contribution in [2.45, 2.75) is 13.2 Å². The number of hydrogen-bond donors (Lipinski definition) is 0. The average Bonchev–Trinajstić information content (AvgIpc) is 2.76. The number of halogens is 1. The van der Waals surface area contributed by atoms with Gasteiger partial charge in [0, 0.05) is 21.7 Å². The molecule has 6 heteroatoms. The Morgan fingerprint density at radius 3 is 2.48 bits per heavy atom. The van der Waals surface area contributed by atoms with E-state index in [1.807, 2.05) is 54.6 Å². The van der Waals surface area contributed by atoms with Crippen LogP contribution >= 0.6 is 11.6 Å². The third-order valence-electron chi connectivity index (χ3n) is 4.16. The average molecular weight is 407 g/mol. The van der Waals surface area contributed by atoms with E-state index in [0.29, 0.717) is 28.7 Å². The second-order valence-electron chi connectivity index (χ2n) is 6.07. The number of nitrogens with zero attached hydrogens (tertiary/aromatic N) is 2. The predicted molar refractivity (Wildman–Crippen MR) is 112 cm³/mol. The first-order chi connectivity index (χ1) is 14.2. The van der Waals surface area contributed by atoms with E-state index in [2.05, 4.69) is 11.2 Å². The van der Waals surface area contributed by atoms with E-state index in [0.717, 1.165) is 16.7 Å². The molecule has 0 fully saturated rings. The van der Waals surface area contributed by atoms with Crippen molar-refractivity contribution in [2.75, 3.05) is 7.11 Å². The van der Waals surface area contributed by atoms with E-state index in [1.54, 1.807) is 25.5 Å². The lowest BCUT2D eigenvalue weighted by molar-refractivity contribution is 0.132. The van der Waals surface area contributed by atoms with Crippen molar-refractivity contribution >= 4 is 17.8 Å². The Morgan fingerprint density at radius 2 is 1.72 bits per heavy atom. The first kappa shape index (κ1) is 20.2. The maximum atomic E-state index is 9.09. The maximum Gasteiger partial charge on any atom is 0.161 e. The van der Waals surface area contributed by atoms with Gasteiger partial charge in [0.05, 0.1) is 25.0 Å². The highest BCUT2D eigenvalue weighted by atomic mass is 35.5. The molecular formula is C23H19ClN2O3. The molecule has 0 aliphatic carbocycles. The van der Waals surface area contributed by atoms with Gasteiger partial charge in [-0.1, -0.05) is 53.2 Å². The van der Waals surface area contributed by atoms with Crippen LogP contribution in [0.25, 0.3) is 0 Å². The summed E-state index contributed by atoms with van der Waals surface area (Å²) in [5.74, 6) is 1.18. The summed E-state index contributed by atoms with van der Waals surface area (Å²) in [5, 5.41) is 13.7. The van der Waals surface area contributed by atoms with Crippen LogP contribution in [0.1, 0.15) is 22.3 Å². The highest BCUT2D eigenvalue weighted by Gasteiger charge is 2.07. The van der Waals surface area contributed by atoms with Crippen LogP contribution in [0.4, 0.5) is 0 Å². The van der Waals surface area contributed by atoms with Gasteiger partial charge in [-0.15, -0.1) is 0 Å². The van der Waals surface area contributed by atoms with Crippen LogP contribution in [0.2, 0.25) is 5.02 Å². The zero-order chi connectivity index (χ0) is 20.5. The lowest BCUT2D eigenvalue weighted by atomic mass is 10.1. The van der Waals surface area contributed by atoms with Crippen LogP contribution in [-0.4, -0.2) is 13.3 Å². The van der Waals surface area contributed by atoms with E-state index in [-0.39, 0.29) is 6.61 Å². The van der Waals surface area contributed by atoms with Gasteiger partial charge in [0.1, 0.15) is 13.2 Å². The number of ether oxygens (including phenoxy) is 2. The molecule has 0 radical (unpaired) electrons. The predicted octanol–water partition coefficient (Wildman–Crippen LogP) is 5.35. The molecule has 3 aromatic carbocycles. The minimum Gasteiger partial charge on any atom is -0.493 e. The molecule has 3 rings (SSSR count). The van der Waals surface area contributed by atoms with Crippen molar-refractivity contribution in [2.24, 2.45) is 5.16 Å². The second-order valence-corrected chi connectivity index (χ2v) is 6.47. The smallest absolute Gasteiger partial charge is 0.161 e. The number of oxime groups is 1. The molecule has 0 atom stereocenters. The molecule has 5 nitrogen and oxygen atoms in total. The third kappa shape index (κ3) is 5.50. The SMILES string of the molecule is COc1cc(/C=N\OCc2ccccc2C#N)ccc1OCc1ccccc1Cl. The first-order valence-electron chi connectivity index (χ1n) is 8.89. The molecule has 0 N–H and O–H groups in total. The highest BCUT2D eigenvalue weighted by Crippen LogP contribution is 2.29. The van der Waals surface area contributed by atoms with Gasteiger partial charge in [-0.3, -0.25) is 0 Å². The summed E-state index contributed by atoms with van der Waals surface area (Å²) in [6.45, 7) is 0.557. The van der Waals surface area contributed by atoms with E-state index in [9.17, 15) is 0 Å². The zero-order valence-corrected chi connectivity index (χ0v) is 16.6. The Bertz CT molecular complexity index is 1040. The molecule has 0 spiro atoms. The minimum absolute atomic E-state index is 0.219. The fourth-order valence-corrected chi connectivity index (χ4v) is 2.81. The fraction of sp³-hybridized carbons (Fsp3) is 0.130. The van der Waals surface area contributed by atoms with Gasteiger partial charge in [0.25, 0.3) is 0 Å². The Morgan fingerprint density at radius 1 is 0.966 bits per heavy atom. The molecular weight excluding hydrogens is 388 g/mol.